The van der Waals surface area contributed by atoms with Gasteiger partial charge in [0.25, 0.3) is 5.91 Å². The first-order chi connectivity index (χ1) is 12.9. The van der Waals surface area contributed by atoms with Gasteiger partial charge in [0.05, 0.1) is 11.4 Å². The molecular weight excluding hydrogens is 360 g/mol. The highest BCUT2D eigenvalue weighted by Crippen LogP contribution is 2.30. The van der Waals surface area contributed by atoms with E-state index < -0.39 is 5.91 Å². The van der Waals surface area contributed by atoms with Crippen molar-refractivity contribution in [1.29, 1.82) is 5.26 Å². The van der Waals surface area contributed by atoms with Crippen LogP contribution in [0.4, 0.5) is 10.8 Å². The molecule has 1 aromatic heterocycles. The maximum Gasteiger partial charge on any atom is 0.262 e. The molecule has 2 amide bonds. The van der Waals surface area contributed by atoms with Crippen molar-refractivity contribution in [2.45, 2.75) is 20.8 Å². The molecule has 0 fully saturated rings. The lowest BCUT2D eigenvalue weighted by atomic mass is 10.1. The second-order valence-corrected chi connectivity index (χ2v) is 6.68. The van der Waals surface area contributed by atoms with Gasteiger partial charge in [-0.3, -0.25) is 14.5 Å². The van der Waals surface area contributed by atoms with Crippen LogP contribution < -0.4 is 10.2 Å². The molecule has 138 valence electrons. The summed E-state index contributed by atoms with van der Waals surface area (Å²) in [6.45, 7) is 9.24. The van der Waals surface area contributed by atoms with Crippen LogP contribution in [0, 0.1) is 25.2 Å². The molecule has 0 saturated heterocycles. The van der Waals surface area contributed by atoms with Crippen molar-refractivity contribution >= 4 is 40.0 Å². The molecule has 0 radical (unpaired) electrons. The predicted octanol–water partition coefficient (Wildman–Crippen LogP) is 3.65. The van der Waals surface area contributed by atoms with Crippen LogP contribution in [0.2, 0.25) is 0 Å². The van der Waals surface area contributed by atoms with E-state index in [-0.39, 0.29) is 18.0 Å². The summed E-state index contributed by atoms with van der Waals surface area (Å²) in [6.07, 6.45) is 2.93. The van der Waals surface area contributed by atoms with Crippen LogP contribution in [0.5, 0.6) is 0 Å². The average molecular weight is 380 g/mol. The first kappa shape index (κ1) is 20.1. The molecule has 1 heterocycles. The summed E-state index contributed by atoms with van der Waals surface area (Å²) < 4.78 is 0. The Balaban J connectivity index is 2.35. The fourth-order valence-corrected chi connectivity index (χ4v) is 3.14. The van der Waals surface area contributed by atoms with Crippen molar-refractivity contribution in [3.8, 4) is 6.07 Å². The maximum atomic E-state index is 12.2. The molecule has 0 aliphatic carbocycles. The van der Waals surface area contributed by atoms with Gasteiger partial charge in [-0.15, -0.1) is 17.9 Å². The second kappa shape index (κ2) is 8.92. The van der Waals surface area contributed by atoms with E-state index in [0.29, 0.717) is 10.8 Å². The van der Waals surface area contributed by atoms with Gasteiger partial charge in [-0.05, 0) is 43.2 Å². The molecule has 2 aromatic rings. The summed E-state index contributed by atoms with van der Waals surface area (Å²) in [7, 11) is 0. The summed E-state index contributed by atoms with van der Waals surface area (Å²) in [5.41, 5.74) is 3.31. The van der Waals surface area contributed by atoms with Crippen LogP contribution >= 0.6 is 11.3 Å². The van der Waals surface area contributed by atoms with E-state index in [0.717, 1.165) is 16.8 Å². The minimum atomic E-state index is -0.496. The van der Waals surface area contributed by atoms with Crippen molar-refractivity contribution in [3.63, 3.8) is 0 Å². The number of anilines is 2. The van der Waals surface area contributed by atoms with E-state index >= 15 is 0 Å². The van der Waals surface area contributed by atoms with Gasteiger partial charge in [0, 0.05) is 18.8 Å². The first-order valence-corrected chi connectivity index (χ1v) is 9.09. The molecule has 0 bridgehead atoms. The number of benzene rings is 1. The molecule has 0 atom stereocenters. The van der Waals surface area contributed by atoms with Crippen molar-refractivity contribution in [2.24, 2.45) is 0 Å². The number of rotatable bonds is 6. The molecule has 1 aromatic carbocycles. The zero-order valence-corrected chi connectivity index (χ0v) is 16.3. The third kappa shape index (κ3) is 4.90. The molecule has 7 heteroatoms. The van der Waals surface area contributed by atoms with E-state index in [4.69, 9.17) is 0 Å². The molecule has 1 N–H and O–H groups in total. The van der Waals surface area contributed by atoms with Crippen LogP contribution in [0.1, 0.15) is 23.7 Å². The van der Waals surface area contributed by atoms with Crippen LogP contribution in [-0.2, 0) is 9.59 Å². The number of hydrogen-bond acceptors (Lipinski definition) is 5. The van der Waals surface area contributed by atoms with Gasteiger partial charge in [-0.1, -0.05) is 12.1 Å². The number of hydrogen-bond donors (Lipinski definition) is 1. The third-order valence-corrected chi connectivity index (χ3v) is 4.67. The Morgan fingerprint density at radius 2 is 2.11 bits per heavy atom. The number of nitrogens with zero attached hydrogens (tertiary/aromatic N) is 3. The van der Waals surface area contributed by atoms with Crippen LogP contribution in [-0.4, -0.2) is 23.3 Å². The van der Waals surface area contributed by atoms with E-state index in [9.17, 15) is 14.9 Å². The Morgan fingerprint density at radius 1 is 1.37 bits per heavy atom. The highest BCUT2D eigenvalue weighted by atomic mass is 32.1. The monoisotopic (exact) mass is 380 g/mol. The normalized spacial score (nSPS) is 10.8. The second-order valence-electron chi connectivity index (χ2n) is 5.85. The Labute approximate surface area is 162 Å². The summed E-state index contributed by atoms with van der Waals surface area (Å²) in [5, 5.41) is 13.9. The molecular formula is C20H20N4O2S. The van der Waals surface area contributed by atoms with Crippen molar-refractivity contribution in [2.75, 3.05) is 11.4 Å². The number of aromatic nitrogens is 1. The largest absolute Gasteiger partial charge is 0.348 e. The lowest BCUT2D eigenvalue weighted by Crippen LogP contribution is -2.24. The topological polar surface area (TPSA) is 86.1 Å². The quantitative estimate of drug-likeness (QED) is 0.471. The Kier molecular flexibility index (Phi) is 6.63. The lowest BCUT2D eigenvalue weighted by molar-refractivity contribution is -0.117. The summed E-state index contributed by atoms with van der Waals surface area (Å²) in [5.74, 6) is -0.670. The Bertz CT molecular complexity index is 953. The molecule has 0 aliphatic rings. The highest BCUT2D eigenvalue weighted by molar-refractivity contribution is 7.14. The van der Waals surface area contributed by atoms with Crippen LogP contribution in [0.25, 0.3) is 6.08 Å². The summed E-state index contributed by atoms with van der Waals surface area (Å²) in [4.78, 5) is 30.1. The maximum absolute atomic E-state index is 12.2. The number of amides is 2. The van der Waals surface area contributed by atoms with Gasteiger partial charge in [-0.25, -0.2) is 4.98 Å². The number of aryl methyl sites for hydroxylation is 2. The molecule has 0 spiro atoms. The SMILES string of the molecule is C=CCNC(=O)/C(C#N)=C/c1csc(N(C(C)=O)c2ccc(C)c(C)c2)n1. The number of thiazole rings is 1. The van der Waals surface area contributed by atoms with Gasteiger partial charge in [0.15, 0.2) is 5.13 Å². The number of nitrogens with one attached hydrogen (secondary N) is 1. The van der Waals surface area contributed by atoms with E-state index in [1.54, 1.807) is 5.38 Å². The zero-order valence-electron chi connectivity index (χ0n) is 15.4. The Morgan fingerprint density at radius 3 is 2.70 bits per heavy atom. The van der Waals surface area contributed by atoms with Crippen LogP contribution in [0.15, 0.2) is 41.8 Å². The minimum absolute atomic E-state index is 0.0609. The number of carbonyl (C=O) groups excluding carboxylic acids is 2. The van der Waals surface area contributed by atoms with E-state index in [2.05, 4.69) is 16.9 Å². The van der Waals surface area contributed by atoms with Gasteiger partial charge < -0.3 is 5.32 Å². The summed E-state index contributed by atoms with van der Waals surface area (Å²) >= 11 is 1.27. The van der Waals surface area contributed by atoms with Crippen LogP contribution in [0.3, 0.4) is 0 Å². The predicted molar refractivity (Wildman–Crippen MR) is 108 cm³/mol. The highest BCUT2D eigenvalue weighted by Gasteiger charge is 2.18. The average Bonchev–Trinajstić information content (AvgIpc) is 3.08. The molecule has 0 saturated carbocycles. The molecule has 0 unspecified atom stereocenters. The molecule has 0 aliphatic heterocycles. The van der Waals surface area contributed by atoms with Crippen molar-refractivity contribution in [3.05, 3.63) is 58.6 Å². The summed E-state index contributed by atoms with van der Waals surface area (Å²) in [6, 6.07) is 7.61. The number of carbonyl (C=O) groups is 2. The van der Waals surface area contributed by atoms with Gasteiger partial charge in [0.2, 0.25) is 5.91 Å². The minimum Gasteiger partial charge on any atom is -0.348 e. The Hall–Kier alpha value is -3.24. The number of nitriles is 1. The van der Waals surface area contributed by atoms with Crippen molar-refractivity contribution < 1.29 is 9.59 Å². The molecule has 2 rings (SSSR count). The zero-order chi connectivity index (χ0) is 20.0. The smallest absolute Gasteiger partial charge is 0.262 e. The van der Waals surface area contributed by atoms with Gasteiger partial charge in [0.1, 0.15) is 11.6 Å². The van der Waals surface area contributed by atoms with E-state index in [1.165, 1.54) is 35.3 Å². The fraction of sp³-hybridized carbons (Fsp3) is 0.200. The third-order valence-electron chi connectivity index (χ3n) is 3.83. The van der Waals surface area contributed by atoms with Gasteiger partial charge in [-0.2, -0.15) is 5.26 Å². The first-order valence-electron chi connectivity index (χ1n) is 8.21. The molecule has 27 heavy (non-hydrogen) atoms. The van der Waals surface area contributed by atoms with Gasteiger partial charge >= 0.3 is 0 Å². The standard InChI is InChI=1S/C20H20N4O2S/c1-5-8-22-19(26)16(11-21)10-17-12-27-20(23-17)24(15(4)25)18-7-6-13(2)14(3)9-18/h5-7,9-10,12H,1,8H2,2-4H3,(H,22,26)/b16-10+. The van der Waals surface area contributed by atoms with Crippen molar-refractivity contribution in [1.82, 2.24) is 10.3 Å². The van der Waals surface area contributed by atoms with E-state index in [1.807, 2.05) is 38.1 Å². The lowest BCUT2D eigenvalue weighted by Gasteiger charge is -2.19. The molecule has 6 nitrogen and oxygen atoms in total. The fourth-order valence-electron chi connectivity index (χ4n) is 2.29.